The number of pyridine rings is 1. The lowest BCUT2D eigenvalue weighted by Crippen LogP contribution is -2.29. The van der Waals surface area contributed by atoms with Gasteiger partial charge in [-0.15, -0.1) is 0 Å². The van der Waals surface area contributed by atoms with E-state index in [1.54, 1.807) is 23.0 Å². The Kier molecular flexibility index (Phi) is 9.31. The Balaban J connectivity index is 1.79. The summed E-state index contributed by atoms with van der Waals surface area (Å²) < 4.78 is 34.5. The number of nitrogens with zero attached hydrogens (tertiary/aromatic N) is 3. The molecule has 0 unspecified atom stereocenters. The molecule has 0 saturated carbocycles. The monoisotopic (exact) mass is 533 g/mol. The second-order valence-corrected chi connectivity index (χ2v) is 22.8. The van der Waals surface area contributed by atoms with Gasteiger partial charge in [0.1, 0.15) is 6.73 Å². The van der Waals surface area contributed by atoms with Crippen molar-refractivity contribution < 1.29 is 23.3 Å². The molecule has 2 aromatic heterocycles. The molecule has 3 rings (SSSR count). The van der Waals surface area contributed by atoms with Gasteiger partial charge in [-0.1, -0.05) is 46.2 Å². The third kappa shape index (κ3) is 7.86. The van der Waals surface area contributed by atoms with E-state index in [2.05, 4.69) is 44.4 Å². The number of rotatable bonds is 13. The lowest BCUT2D eigenvalue weighted by atomic mass is 10.0. The largest absolute Gasteiger partial charge is 0.618 e. The summed E-state index contributed by atoms with van der Waals surface area (Å²) in [6.07, 6.45) is 3.74. The number of hydrogen-bond acceptors (Lipinski definition) is 5. The molecular formula is C26H40FN3O4Si2. The van der Waals surface area contributed by atoms with Gasteiger partial charge in [0.15, 0.2) is 24.6 Å². The van der Waals surface area contributed by atoms with Gasteiger partial charge in [0, 0.05) is 35.4 Å². The molecule has 7 nitrogen and oxygen atoms in total. The van der Waals surface area contributed by atoms with Gasteiger partial charge < -0.3 is 19.4 Å². The molecule has 2 heterocycles. The van der Waals surface area contributed by atoms with E-state index < -0.39 is 22.0 Å². The quantitative estimate of drug-likeness (QED) is 0.0880. The lowest BCUT2D eigenvalue weighted by molar-refractivity contribution is -0.592. The Morgan fingerprint density at radius 1 is 1.00 bits per heavy atom. The zero-order valence-electron chi connectivity index (χ0n) is 22.7. The van der Waals surface area contributed by atoms with Crippen molar-refractivity contribution in [3.05, 3.63) is 47.2 Å². The standard InChI is InChI=1S/C26H40FN3O4Si2/c1-8-20-13-26(34-19-33-10-12-36(5,6)7)23(27)14-22(20)25-15-24-21(17-30(25)31)16-28-29(24)18-32-9-11-35(2,3)4/h13-17H,8-12,18-19H2,1-7H3. The first-order valence-corrected chi connectivity index (χ1v) is 20.0. The first-order valence-electron chi connectivity index (χ1n) is 12.6. The minimum Gasteiger partial charge on any atom is -0.618 e. The van der Waals surface area contributed by atoms with Gasteiger partial charge in [0.2, 0.25) is 5.69 Å². The summed E-state index contributed by atoms with van der Waals surface area (Å²) in [5.74, 6) is -0.401. The number of fused-ring (bicyclic) bond motifs is 1. The van der Waals surface area contributed by atoms with Crippen LogP contribution in [0, 0.1) is 11.0 Å². The molecule has 0 spiro atoms. The summed E-state index contributed by atoms with van der Waals surface area (Å²) >= 11 is 0. The molecule has 0 fully saturated rings. The Morgan fingerprint density at radius 3 is 2.31 bits per heavy atom. The van der Waals surface area contributed by atoms with Crippen LogP contribution in [0.25, 0.3) is 22.2 Å². The number of hydrogen-bond donors (Lipinski definition) is 0. The molecule has 10 heteroatoms. The number of aromatic nitrogens is 3. The number of halogens is 1. The topological polar surface area (TPSA) is 72.5 Å². The fraction of sp³-hybridized carbons (Fsp3) is 0.538. The van der Waals surface area contributed by atoms with Gasteiger partial charge in [-0.2, -0.15) is 9.83 Å². The van der Waals surface area contributed by atoms with Crippen molar-refractivity contribution in [3.8, 4) is 17.0 Å². The van der Waals surface area contributed by atoms with E-state index >= 15 is 0 Å². The predicted molar refractivity (Wildman–Crippen MR) is 147 cm³/mol. The molecule has 0 aliphatic heterocycles. The summed E-state index contributed by atoms with van der Waals surface area (Å²) in [7, 11) is -2.38. The second-order valence-electron chi connectivity index (χ2n) is 11.6. The SMILES string of the molecule is CCc1cc(OCOCC[Si](C)(C)C)c(F)cc1-c1cc2c(cnn2COCC[Si](C)(C)C)c[n+]1[O-]. The maximum absolute atomic E-state index is 15.0. The normalized spacial score (nSPS) is 12.4. The van der Waals surface area contributed by atoms with Crippen LogP contribution in [-0.4, -0.2) is 45.9 Å². The predicted octanol–water partition coefficient (Wildman–Crippen LogP) is 6.04. The third-order valence-corrected chi connectivity index (χ3v) is 9.40. The number of ether oxygens (including phenoxy) is 3. The molecule has 0 aliphatic rings. The Bertz CT molecular complexity index is 1170. The van der Waals surface area contributed by atoms with Gasteiger partial charge in [0.25, 0.3) is 0 Å². The van der Waals surface area contributed by atoms with Crippen molar-refractivity contribution in [2.24, 2.45) is 0 Å². The first-order chi connectivity index (χ1) is 16.9. The summed E-state index contributed by atoms with van der Waals surface area (Å²) in [5, 5.41) is 18.0. The van der Waals surface area contributed by atoms with Gasteiger partial charge in [-0.05, 0) is 36.2 Å². The molecule has 3 aromatic rings. The van der Waals surface area contributed by atoms with Crippen molar-refractivity contribution in [2.75, 3.05) is 20.0 Å². The van der Waals surface area contributed by atoms with Crippen LogP contribution in [0.4, 0.5) is 4.39 Å². The average Bonchev–Trinajstić information content (AvgIpc) is 3.16. The maximum atomic E-state index is 15.0. The second kappa shape index (κ2) is 11.8. The van der Waals surface area contributed by atoms with Crippen LogP contribution in [0.1, 0.15) is 12.5 Å². The van der Waals surface area contributed by atoms with Gasteiger partial charge in [-0.25, -0.2) is 9.07 Å². The summed E-state index contributed by atoms with van der Waals surface area (Å²) in [6.45, 7) is 17.3. The van der Waals surface area contributed by atoms with E-state index in [4.69, 9.17) is 14.2 Å². The van der Waals surface area contributed by atoms with Crippen LogP contribution in [0.2, 0.25) is 51.4 Å². The summed E-state index contributed by atoms with van der Waals surface area (Å²) in [4.78, 5) is 0. The number of aryl methyl sites for hydroxylation is 1. The van der Waals surface area contributed by atoms with Gasteiger partial charge >= 0.3 is 0 Å². The molecule has 0 N–H and O–H groups in total. The van der Waals surface area contributed by atoms with E-state index in [0.717, 1.165) is 27.9 Å². The fourth-order valence-electron chi connectivity index (χ4n) is 3.66. The van der Waals surface area contributed by atoms with E-state index in [1.807, 2.05) is 6.92 Å². The molecule has 198 valence electrons. The zero-order chi connectivity index (χ0) is 26.5. The van der Waals surface area contributed by atoms with Crippen LogP contribution in [-0.2, 0) is 22.6 Å². The van der Waals surface area contributed by atoms with E-state index in [9.17, 15) is 9.60 Å². The highest BCUT2D eigenvalue weighted by molar-refractivity contribution is 6.76. The van der Waals surface area contributed by atoms with Crippen molar-refractivity contribution in [2.45, 2.75) is 71.4 Å². The number of benzene rings is 1. The van der Waals surface area contributed by atoms with Crippen LogP contribution >= 0.6 is 0 Å². The molecule has 0 radical (unpaired) electrons. The molecule has 0 aliphatic carbocycles. The van der Waals surface area contributed by atoms with E-state index in [1.165, 1.54) is 12.3 Å². The highest BCUT2D eigenvalue weighted by atomic mass is 28.3. The molecule has 0 amide bonds. The van der Waals surface area contributed by atoms with Crippen LogP contribution < -0.4 is 9.47 Å². The minimum absolute atomic E-state index is 0.00565. The third-order valence-electron chi connectivity index (χ3n) is 6.00. The van der Waals surface area contributed by atoms with E-state index in [0.29, 0.717) is 43.0 Å². The summed E-state index contributed by atoms with van der Waals surface area (Å²) in [6, 6.07) is 6.87. The fourth-order valence-corrected chi connectivity index (χ4v) is 5.18. The summed E-state index contributed by atoms with van der Waals surface area (Å²) in [5.41, 5.74) is 2.48. The van der Waals surface area contributed by atoms with E-state index in [-0.39, 0.29) is 12.5 Å². The molecule has 36 heavy (non-hydrogen) atoms. The Hall–Kier alpha value is -2.28. The smallest absolute Gasteiger partial charge is 0.226 e. The van der Waals surface area contributed by atoms with Crippen molar-refractivity contribution in [3.63, 3.8) is 0 Å². The van der Waals surface area contributed by atoms with Gasteiger partial charge in [0.05, 0.1) is 22.7 Å². The maximum Gasteiger partial charge on any atom is 0.226 e. The van der Waals surface area contributed by atoms with Crippen LogP contribution in [0.15, 0.2) is 30.6 Å². The van der Waals surface area contributed by atoms with Crippen molar-refractivity contribution in [1.82, 2.24) is 9.78 Å². The highest BCUT2D eigenvalue weighted by Crippen LogP contribution is 2.30. The highest BCUT2D eigenvalue weighted by Gasteiger charge is 2.20. The first kappa shape index (κ1) is 28.3. The molecular weight excluding hydrogens is 493 g/mol. The molecule has 1 aromatic carbocycles. The minimum atomic E-state index is -1.20. The Morgan fingerprint density at radius 2 is 1.67 bits per heavy atom. The molecule has 0 saturated heterocycles. The Labute approximate surface area is 215 Å². The van der Waals surface area contributed by atoms with Crippen LogP contribution in [0.5, 0.6) is 5.75 Å². The van der Waals surface area contributed by atoms with Crippen molar-refractivity contribution >= 4 is 27.1 Å². The lowest BCUT2D eigenvalue weighted by Gasteiger charge is -2.16. The molecule has 0 atom stereocenters. The zero-order valence-corrected chi connectivity index (χ0v) is 24.7. The molecule has 0 bridgehead atoms. The van der Waals surface area contributed by atoms with Crippen LogP contribution in [0.3, 0.4) is 0 Å². The van der Waals surface area contributed by atoms with Gasteiger partial charge in [-0.3, -0.25) is 0 Å². The average molecular weight is 534 g/mol. The van der Waals surface area contributed by atoms with Crippen molar-refractivity contribution in [1.29, 1.82) is 0 Å².